The van der Waals surface area contributed by atoms with Crippen LogP contribution in [0.25, 0.3) is 0 Å². The van der Waals surface area contributed by atoms with Crippen LogP contribution in [0.5, 0.6) is 0 Å². The summed E-state index contributed by atoms with van der Waals surface area (Å²) in [5.41, 5.74) is 5.47. The molecule has 3 unspecified atom stereocenters. The zero-order valence-electron chi connectivity index (χ0n) is 13.2. The quantitative estimate of drug-likeness (QED) is 0.863. The van der Waals surface area contributed by atoms with Gasteiger partial charge in [0.15, 0.2) is 0 Å². The van der Waals surface area contributed by atoms with Gasteiger partial charge >= 0.3 is 0 Å². The summed E-state index contributed by atoms with van der Waals surface area (Å²) in [5, 5.41) is 2.69. The number of carbonyl (C=O) groups excluding carboxylic acids is 2. The Morgan fingerprint density at radius 3 is 2.61 bits per heavy atom. The molecule has 3 atom stereocenters. The van der Waals surface area contributed by atoms with Crippen LogP contribution >= 0.6 is 0 Å². The van der Waals surface area contributed by atoms with Crippen LogP contribution in [-0.4, -0.2) is 30.4 Å². The minimum atomic E-state index is -0.804. The molecule has 3 N–H and O–H groups in total. The zero-order chi connectivity index (χ0) is 17.1. The first-order valence-electron chi connectivity index (χ1n) is 7.65. The maximum absolute atomic E-state index is 13.8. The van der Waals surface area contributed by atoms with Crippen LogP contribution in [-0.2, 0) is 9.59 Å². The molecule has 7 heteroatoms. The summed E-state index contributed by atoms with van der Waals surface area (Å²) >= 11 is 0. The molecular weight excluding hydrogens is 304 g/mol. The van der Waals surface area contributed by atoms with Crippen LogP contribution in [0.2, 0.25) is 0 Å². The van der Waals surface area contributed by atoms with Gasteiger partial charge in [0.05, 0.1) is 12.1 Å². The molecule has 1 aliphatic heterocycles. The second kappa shape index (κ2) is 7.04. The molecule has 0 saturated carbocycles. The molecule has 23 heavy (non-hydrogen) atoms. The Balaban J connectivity index is 2.07. The fourth-order valence-electron chi connectivity index (χ4n) is 2.58. The molecule has 0 radical (unpaired) electrons. The number of benzene rings is 1. The monoisotopic (exact) mass is 325 g/mol. The maximum Gasteiger partial charge on any atom is 0.237 e. The summed E-state index contributed by atoms with van der Waals surface area (Å²) in [7, 11) is 0. The molecule has 1 saturated heterocycles. The van der Waals surface area contributed by atoms with E-state index in [1.807, 2.05) is 13.8 Å². The first-order valence-corrected chi connectivity index (χ1v) is 7.65. The molecule has 1 aliphatic rings. The second-order valence-corrected chi connectivity index (χ2v) is 5.90. The lowest BCUT2D eigenvalue weighted by molar-refractivity contribution is -0.124. The van der Waals surface area contributed by atoms with Crippen molar-refractivity contribution < 1.29 is 18.4 Å². The van der Waals surface area contributed by atoms with Crippen molar-refractivity contribution >= 4 is 17.5 Å². The lowest BCUT2D eigenvalue weighted by Gasteiger charge is -2.21. The van der Waals surface area contributed by atoms with Crippen LogP contribution in [0.3, 0.4) is 0 Å². The summed E-state index contributed by atoms with van der Waals surface area (Å²) in [6.07, 6.45) is 0.748. The summed E-state index contributed by atoms with van der Waals surface area (Å²) in [4.78, 5) is 25.1. The van der Waals surface area contributed by atoms with E-state index in [2.05, 4.69) is 5.32 Å². The number of rotatable bonds is 5. The van der Waals surface area contributed by atoms with Crippen LogP contribution in [0.1, 0.15) is 26.7 Å². The number of hydrogen-bond acceptors (Lipinski definition) is 3. The van der Waals surface area contributed by atoms with Crippen molar-refractivity contribution in [2.24, 2.45) is 11.7 Å². The molecule has 1 fully saturated rings. The molecular formula is C16H21F2N3O2. The fraction of sp³-hybridized carbons (Fsp3) is 0.500. The Bertz CT molecular complexity index is 589. The standard InChI is InChI=1S/C16H21F2N3O2/c1-3-9(2)14(19)16(23)20-10-7-13(22)21(8-10)15-11(17)5-4-6-12(15)18/h4-6,9-10,14H,3,7-8,19H2,1-2H3,(H,20,23). The Morgan fingerprint density at radius 2 is 2.04 bits per heavy atom. The predicted octanol–water partition coefficient (Wildman–Crippen LogP) is 1.56. The Hall–Kier alpha value is -2.02. The van der Waals surface area contributed by atoms with E-state index in [0.717, 1.165) is 23.5 Å². The second-order valence-electron chi connectivity index (χ2n) is 5.90. The Labute approximate surface area is 133 Å². The van der Waals surface area contributed by atoms with Gasteiger partial charge in [0.1, 0.15) is 17.3 Å². The van der Waals surface area contributed by atoms with Crippen LogP contribution < -0.4 is 16.0 Å². The highest BCUT2D eigenvalue weighted by Gasteiger charge is 2.35. The van der Waals surface area contributed by atoms with Crippen molar-refractivity contribution in [2.45, 2.75) is 38.8 Å². The lowest BCUT2D eigenvalue weighted by Crippen LogP contribution is -2.49. The number of halogens is 2. The van der Waals surface area contributed by atoms with E-state index in [4.69, 9.17) is 5.73 Å². The summed E-state index contributed by atoms with van der Waals surface area (Å²) in [5.74, 6) is -2.39. The third-order valence-electron chi connectivity index (χ3n) is 4.24. The molecule has 2 amide bonds. The number of hydrogen-bond donors (Lipinski definition) is 2. The number of nitrogens with two attached hydrogens (primary N) is 1. The minimum Gasteiger partial charge on any atom is -0.350 e. The van der Waals surface area contributed by atoms with Gasteiger partial charge in [-0.1, -0.05) is 26.3 Å². The van der Waals surface area contributed by atoms with Gasteiger partial charge in [0.25, 0.3) is 0 Å². The Kier molecular flexibility index (Phi) is 5.30. The van der Waals surface area contributed by atoms with E-state index in [1.165, 1.54) is 6.07 Å². The van der Waals surface area contributed by atoms with Crippen molar-refractivity contribution in [3.05, 3.63) is 29.8 Å². The molecule has 5 nitrogen and oxygen atoms in total. The minimum absolute atomic E-state index is 0.00669. The summed E-state index contributed by atoms with van der Waals surface area (Å²) in [6, 6.07) is 2.24. The van der Waals surface area contributed by atoms with Gasteiger partial charge in [0.2, 0.25) is 11.8 Å². The van der Waals surface area contributed by atoms with E-state index in [-0.39, 0.29) is 30.5 Å². The zero-order valence-corrected chi connectivity index (χ0v) is 13.2. The third-order valence-corrected chi connectivity index (χ3v) is 4.24. The SMILES string of the molecule is CCC(C)C(N)C(=O)NC1CC(=O)N(c2c(F)cccc2F)C1. The first-order chi connectivity index (χ1) is 10.8. The Morgan fingerprint density at radius 1 is 1.43 bits per heavy atom. The summed E-state index contributed by atoms with van der Waals surface area (Å²) in [6.45, 7) is 3.82. The van der Waals surface area contributed by atoms with Crippen molar-refractivity contribution in [3.63, 3.8) is 0 Å². The number of amides is 2. The molecule has 2 rings (SSSR count). The van der Waals surface area contributed by atoms with Gasteiger partial charge < -0.3 is 16.0 Å². The highest BCUT2D eigenvalue weighted by atomic mass is 19.1. The number of carbonyl (C=O) groups is 2. The topological polar surface area (TPSA) is 75.4 Å². The van der Waals surface area contributed by atoms with Crippen LogP contribution in [0, 0.1) is 17.6 Å². The molecule has 1 aromatic rings. The molecule has 0 aliphatic carbocycles. The van der Waals surface area contributed by atoms with Crippen molar-refractivity contribution in [1.29, 1.82) is 0 Å². The largest absolute Gasteiger partial charge is 0.350 e. The molecule has 0 spiro atoms. The average Bonchev–Trinajstić information content (AvgIpc) is 2.85. The number of anilines is 1. The van der Waals surface area contributed by atoms with Gasteiger partial charge in [-0.3, -0.25) is 9.59 Å². The number of para-hydroxylation sites is 1. The van der Waals surface area contributed by atoms with Gasteiger partial charge in [-0.05, 0) is 18.1 Å². The first kappa shape index (κ1) is 17.3. The lowest BCUT2D eigenvalue weighted by atomic mass is 9.99. The fourth-order valence-corrected chi connectivity index (χ4v) is 2.58. The molecule has 126 valence electrons. The molecule has 0 bridgehead atoms. The van der Waals surface area contributed by atoms with Gasteiger partial charge in [-0.15, -0.1) is 0 Å². The van der Waals surface area contributed by atoms with Crippen molar-refractivity contribution in [1.82, 2.24) is 5.32 Å². The maximum atomic E-state index is 13.8. The molecule has 1 aromatic carbocycles. The van der Waals surface area contributed by atoms with Crippen LogP contribution in [0.4, 0.5) is 14.5 Å². The third kappa shape index (κ3) is 3.67. The van der Waals surface area contributed by atoms with Crippen molar-refractivity contribution in [2.75, 3.05) is 11.4 Å². The normalized spacial score (nSPS) is 20.5. The van der Waals surface area contributed by atoms with E-state index in [1.54, 1.807) is 0 Å². The smallest absolute Gasteiger partial charge is 0.237 e. The molecule has 1 heterocycles. The van der Waals surface area contributed by atoms with Gasteiger partial charge in [-0.25, -0.2) is 8.78 Å². The number of nitrogens with one attached hydrogen (secondary N) is 1. The van der Waals surface area contributed by atoms with E-state index < -0.39 is 29.6 Å². The molecule has 0 aromatic heterocycles. The highest BCUT2D eigenvalue weighted by molar-refractivity contribution is 5.97. The van der Waals surface area contributed by atoms with E-state index >= 15 is 0 Å². The predicted molar refractivity (Wildman–Crippen MR) is 82.7 cm³/mol. The number of nitrogens with zero attached hydrogens (tertiary/aromatic N) is 1. The average molecular weight is 325 g/mol. The van der Waals surface area contributed by atoms with E-state index in [0.29, 0.717) is 0 Å². The summed E-state index contributed by atoms with van der Waals surface area (Å²) < 4.78 is 27.6. The van der Waals surface area contributed by atoms with E-state index in [9.17, 15) is 18.4 Å². The van der Waals surface area contributed by atoms with Gasteiger partial charge in [0, 0.05) is 13.0 Å². The van der Waals surface area contributed by atoms with Crippen LogP contribution in [0.15, 0.2) is 18.2 Å². The highest BCUT2D eigenvalue weighted by Crippen LogP contribution is 2.27. The van der Waals surface area contributed by atoms with Crippen molar-refractivity contribution in [3.8, 4) is 0 Å². The van der Waals surface area contributed by atoms with Gasteiger partial charge in [-0.2, -0.15) is 0 Å².